The number of aromatic nitrogens is 3. The summed E-state index contributed by atoms with van der Waals surface area (Å²) < 4.78 is 10.3. The number of hydrogen-bond acceptors (Lipinski definition) is 5. The Kier molecular flexibility index (Phi) is 8.64. The van der Waals surface area contributed by atoms with Crippen LogP contribution in [-0.2, 0) is 20.0 Å². The molecule has 7 nitrogen and oxygen atoms in total. The van der Waals surface area contributed by atoms with Gasteiger partial charge in [0.15, 0.2) is 6.29 Å². The van der Waals surface area contributed by atoms with Crippen LogP contribution in [-0.4, -0.2) is 64.9 Å². The largest absolute Gasteiger partial charge is 0.494 e. The van der Waals surface area contributed by atoms with Crippen molar-refractivity contribution in [2.75, 3.05) is 39.3 Å². The molecule has 212 valence electrons. The van der Waals surface area contributed by atoms with Crippen LogP contribution in [0.4, 0.5) is 0 Å². The number of nitrogens with zero attached hydrogens (tertiary/aromatic N) is 4. The molecule has 1 N–H and O–H groups in total. The lowest BCUT2D eigenvalue weighted by Crippen LogP contribution is -2.44. The SMILES string of the molecule is Cc1cc(OCCCc2c(C=O)n(CCN3CCNCC3)c3c(-c4c(C)nn(C)c4C)cccc23)cc(C)c1Cl. The molecule has 0 aliphatic carbocycles. The van der Waals surface area contributed by atoms with Crippen molar-refractivity contribution in [3.05, 3.63) is 69.1 Å². The van der Waals surface area contributed by atoms with Gasteiger partial charge in [0.25, 0.3) is 0 Å². The second-order valence-corrected chi connectivity index (χ2v) is 11.3. The van der Waals surface area contributed by atoms with Gasteiger partial charge in [0, 0.05) is 73.5 Å². The van der Waals surface area contributed by atoms with E-state index < -0.39 is 0 Å². The smallest absolute Gasteiger partial charge is 0.166 e. The zero-order valence-electron chi connectivity index (χ0n) is 24.3. The van der Waals surface area contributed by atoms with E-state index in [1.807, 2.05) is 37.7 Å². The Hall–Kier alpha value is -3.13. The number of hydrogen-bond donors (Lipinski definition) is 1. The molecule has 40 heavy (non-hydrogen) atoms. The van der Waals surface area contributed by atoms with Gasteiger partial charge in [0.05, 0.1) is 23.5 Å². The Morgan fingerprint density at radius 3 is 2.45 bits per heavy atom. The molecule has 0 spiro atoms. The Morgan fingerprint density at radius 2 is 1.80 bits per heavy atom. The average Bonchev–Trinajstić information content (AvgIpc) is 3.40. The van der Waals surface area contributed by atoms with Crippen LogP contribution in [0.15, 0.2) is 30.3 Å². The first-order chi connectivity index (χ1) is 19.3. The Morgan fingerprint density at radius 1 is 1.07 bits per heavy atom. The van der Waals surface area contributed by atoms with Gasteiger partial charge in [-0.25, -0.2) is 0 Å². The molecule has 1 fully saturated rings. The molecule has 0 radical (unpaired) electrons. The van der Waals surface area contributed by atoms with E-state index >= 15 is 0 Å². The summed E-state index contributed by atoms with van der Waals surface area (Å²) in [5.74, 6) is 0.832. The van der Waals surface area contributed by atoms with Gasteiger partial charge < -0.3 is 14.6 Å². The lowest BCUT2D eigenvalue weighted by Gasteiger charge is -2.27. The summed E-state index contributed by atoms with van der Waals surface area (Å²) in [5.41, 5.74) is 9.43. The number of halogens is 1. The molecule has 4 aromatic rings. The van der Waals surface area contributed by atoms with Crippen LogP contribution >= 0.6 is 11.6 Å². The number of carbonyl (C=O) groups is 1. The summed E-state index contributed by atoms with van der Waals surface area (Å²) in [7, 11) is 1.99. The summed E-state index contributed by atoms with van der Waals surface area (Å²) in [6.45, 7) is 14.5. The summed E-state index contributed by atoms with van der Waals surface area (Å²) >= 11 is 6.33. The van der Waals surface area contributed by atoms with Crippen LogP contribution in [0.3, 0.4) is 0 Å². The lowest BCUT2D eigenvalue weighted by molar-refractivity contribution is 0.111. The number of fused-ring (bicyclic) bond motifs is 1. The summed E-state index contributed by atoms with van der Waals surface area (Å²) in [5, 5.41) is 10.1. The minimum Gasteiger partial charge on any atom is -0.494 e. The van der Waals surface area contributed by atoms with E-state index in [1.165, 1.54) is 0 Å². The molecule has 1 saturated heterocycles. The minimum atomic E-state index is 0.562. The van der Waals surface area contributed by atoms with Gasteiger partial charge >= 0.3 is 0 Å². The lowest BCUT2D eigenvalue weighted by atomic mass is 9.98. The van der Waals surface area contributed by atoms with Gasteiger partial charge in [-0.1, -0.05) is 29.8 Å². The molecule has 0 amide bonds. The predicted molar refractivity (Wildman–Crippen MR) is 163 cm³/mol. The third-order valence-electron chi connectivity index (χ3n) is 8.22. The average molecular weight is 562 g/mol. The van der Waals surface area contributed by atoms with Crippen molar-refractivity contribution < 1.29 is 9.53 Å². The monoisotopic (exact) mass is 561 g/mol. The quantitative estimate of drug-likeness (QED) is 0.200. The van der Waals surface area contributed by atoms with Crippen molar-refractivity contribution in [1.82, 2.24) is 24.6 Å². The topological polar surface area (TPSA) is 64.3 Å². The molecule has 1 aliphatic rings. The first-order valence-corrected chi connectivity index (χ1v) is 14.6. The summed E-state index contributed by atoms with van der Waals surface area (Å²) in [4.78, 5) is 15.2. The van der Waals surface area contributed by atoms with Crippen molar-refractivity contribution in [1.29, 1.82) is 0 Å². The Labute approximate surface area is 242 Å². The van der Waals surface area contributed by atoms with E-state index in [9.17, 15) is 4.79 Å². The maximum Gasteiger partial charge on any atom is 0.166 e. The first kappa shape index (κ1) is 28.4. The van der Waals surface area contributed by atoms with E-state index in [2.05, 4.69) is 46.8 Å². The zero-order chi connectivity index (χ0) is 28.4. The molecule has 1 aliphatic heterocycles. The van der Waals surface area contributed by atoms with Crippen LogP contribution in [0.2, 0.25) is 5.02 Å². The maximum atomic E-state index is 12.7. The maximum absolute atomic E-state index is 12.7. The highest BCUT2D eigenvalue weighted by Crippen LogP contribution is 2.37. The van der Waals surface area contributed by atoms with Gasteiger partial charge in [-0.2, -0.15) is 5.10 Å². The molecule has 5 rings (SSSR count). The van der Waals surface area contributed by atoms with Gasteiger partial charge in [-0.3, -0.25) is 14.4 Å². The van der Waals surface area contributed by atoms with Crippen LogP contribution in [0, 0.1) is 27.7 Å². The van der Waals surface area contributed by atoms with E-state index in [4.69, 9.17) is 21.4 Å². The van der Waals surface area contributed by atoms with Crippen LogP contribution in [0.1, 0.15) is 45.0 Å². The van der Waals surface area contributed by atoms with Gasteiger partial charge in [-0.15, -0.1) is 0 Å². The molecular weight excluding hydrogens is 522 g/mol. The highest BCUT2D eigenvalue weighted by molar-refractivity contribution is 6.32. The van der Waals surface area contributed by atoms with Gasteiger partial charge in [0.2, 0.25) is 0 Å². The summed E-state index contributed by atoms with van der Waals surface area (Å²) in [6, 6.07) is 10.4. The fourth-order valence-corrected chi connectivity index (χ4v) is 6.21. The van der Waals surface area contributed by atoms with Crippen molar-refractivity contribution in [2.45, 2.75) is 47.1 Å². The molecule has 3 heterocycles. The molecule has 0 atom stereocenters. The highest BCUT2D eigenvalue weighted by atomic mass is 35.5. The third-order valence-corrected chi connectivity index (χ3v) is 8.82. The van der Waals surface area contributed by atoms with Crippen LogP contribution < -0.4 is 10.1 Å². The molecule has 2 aromatic carbocycles. The number of carbonyl (C=O) groups excluding carboxylic acids is 1. The van der Waals surface area contributed by atoms with E-state index in [0.717, 1.165) is 125 Å². The molecule has 0 unspecified atom stereocenters. The third kappa shape index (κ3) is 5.55. The van der Waals surface area contributed by atoms with Crippen molar-refractivity contribution in [3.8, 4) is 16.9 Å². The van der Waals surface area contributed by atoms with E-state index in [1.54, 1.807) is 0 Å². The van der Waals surface area contributed by atoms with E-state index in [-0.39, 0.29) is 0 Å². The summed E-state index contributed by atoms with van der Waals surface area (Å²) in [6.07, 6.45) is 2.60. The van der Waals surface area contributed by atoms with Crippen LogP contribution in [0.25, 0.3) is 22.0 Å². The van der Waals surface area contributed by atoms with Crippen molar-refractivity contribution >= 4 is 28.8 Å². The standard InChI is InChI=1S/C32H40ClN5O2/c1-21-18-25(19-22(2)31(21)33)40-17-7-10-26-27-8-6-9-28(30-23(3)35-36(5)24(30)4)32(27)38(29(26)20-39)16-15-37-13-11-34-12-14-37/h6,8-9,18-20,34H,7,10-17H2,1-5H3. The highest BCUT2D eigenvalue weighted by Gasteiger charge is 2.23. The Bertz CT molecular complexity index is 1510. The number of aryl methyl sites for hydroxylation is 5. The molecule has 0 bridgehead atoms. The molecular formula is C32H40ClN5O2. The van der Waals surface area contributed by atoms with Gasteiger partial charge in [-0.05, 0) is 69.4 Å². The number of piperazine rings is 1. The normalized spacial score (nSPS) is 14.2. The molecule has 8 heteroatoms. The second-order valence-electron chi connectivity index (χ2n) is 10.9. The Balaban J connectivity index is 1.49. The number of nitrogens with one attached hydrogen (secondary N) is 1. The van der Waals surface area contributed by atoms with E-state index in [0.29, 0.717) is 6.61 Å². The van der Waals surface area contributed by atoms with Crippen LogP contribution in [0.5, 0.6) is 5.75 Å². The predicted octanol–water partition coefficient (Wildman–Crippen LogP) is 5.66. The number of benzene rings is 2. The zero-order valence-corrected chi connectivity index (χ0v) is 25.1. The minimum absolute atomic E-state index is 0.562. The van der Waals surface area contributed by atoms with Crippen molar-refractivity contribution in [2.24, 2.45) is 7.05 Å². The second kappa shape index (κ2) is 12.2. The van der Waals surface area contributed by atoms with Gasteiger partial charge in [0.1, 0.15) is 5.75 Å². The number of rotatable bonds is 10. The van der Waals surface area contributed by atoms with Crippen molar-refractivity contribution in [3.63, 3.8) is 0 Å². The number of ether oxygens (including phenoxy) is 1. The first-order valence-electron chi connectivity index (χ1n) is 14.2. The number of para-hydroxylation sites is 1. The molecule has 0 saturated carbocycles. The number of aldehydes is 1. The fourth-order valence-electron chi connectivity index (χ4n) is 6.10. The molecule has 2 aromatic heterocycles. The fraction of sp³-hybridized carbons (Fsp3) is 0.438.